The summed E-state index contributed by atoms with van der Waals surface area (Å²) in [6, 6.07) is 23.7. The van der Waals surface area contributed by atoms with Gasteiger partial charge in [-0.2, -0.15) is 0 Å². The molecule has 0 aliphatic carbocycles. The van der Waals surface area contributed by atoms with Gasteiger partial charge in [-0.15, -0.1) is 0 Å². The summed E-state index contributed by atoms with van der Waals surface area (Å²) in [7, 11) is 0. The Labute approximate surface area is 194 Å². The van der Waals surface area contributed by atoms with Crippen LogP contribution in [-0.4, -0.2) is 28.9 Å². The van der Waals surface area contributed by atoms with E-state index in [0.717, 1.165) is 65.3 Å². The van der Waals surface area contributed by atoms with Crippen LogP contribution in [0.2, 0.25) is 0 Å². The number of rotatable bonds is 5. The highest BCUT2D eigenvalue weighted by Crippen LogP contribution is 2.34. The third-order valence-electron chi connectivity index (χ3n) is 6.49. The van der Waals surface area contributed by atoms with Crippen LogP contribution in [0.1, 0.15) is 47.4 Å². The molecule has 2 atom stereocenters. The summed E-state index contributed by atoms with van der Waals surface area (Å²) < 4.78 is 6.09. The average molecular weight is 440 g/mol. The predicted octanol–water partition coefficient (Wildman–Crippen LogP) is 6.00. The van der Waals surface area contributed by atoms with Crippen LogP contribution >= 0.6 is 0 Å². The molecule has 0 bridgehead atoms. The molecule has 1 amide bonds. The fourth-order valence-electron chi connectivity index (χ4n) is 4.74. The van der Waals surface area contributed by atoms with Crippen LogP contribution in [0.4, 0.5) is 5.69 Å². The van der Waals surface area contributed by atoms with Crippen LogP contribution in [-0.2, 0) is 4.79 Å². The number of fused-ring (bicyclic) bond motifs is 1. The van der Waals surface area contributed by atoms with Crippen LogP contribution in [0.3, 0.4) is 0 Å². The number of carbonyl (C=O) groups is 1. The first-order chi connectivity index (χ1) is 16.1. The zero-order valence-electron chi connectivity index (χ0n) is 19.1. The van der Waals surface area contributed by atoms with E-state index in [4.69, 9.17) is 9.40 Å². The average Bonchev–Trinajstić information content (AvgIpc) is 3.27. The lowest BCUT2D eigenvalue weighted by Crippen LogP contribution is -2.42. The Hall–Kier alpha value is -3.44. The molecule has 168 valence electrons. The molecule has 1 saturated heterocycles. The van der Waals surface area contributed by atoms with Gasteiger partial charge in [-0.1, -0.05) is 54.6 Å². The summed E-state index contributed by atoms with van der Waals surface area (Å²) in [6.07, 6.45) is 1.99. The number of benzene rings is 3. The normalized spacial score (nSPS) is 17.7. The molecule has 4 aromatic rings. The van der Waals surface area contributed by atoms with Crippen molar-refractivity contribution >= 4 is 22.7 Å². The van der Waals surface area contributed by atoms with Gasteiger partial charge in [0.05, 0.1) is 0 Å². The number of anilines is 1. The van der Waals surface area contributed by atoms with Gasteiger partial charge in [0.15, 0.2) is 11.5 Å². The second-order valence-corrected chi connectivity index (χ2v) is 8.97. The van der Waals surface area contributed by atoms with Gasteiger partial charge in [-0.3, -0.25) is 9.69 Å². The first-order valence-electron chi connectivity index (χ1n) is 11.6. The van der Waals surface area contributed by atoms with Crippen molar-refractivity contribution < 1.29 is 9.21 Å². The highest BCUT2D eigenvalue weighted by molar-refractivity contribution is 5.96. The Balaban J connectivity index is 1.43. The SMILES string of the molecule is Cc1ccc(C)c(NC(=O)C(c2ccccc2)N2CCCC(c3nc4ccccc4o3)C2)c1. The molecule has 1 N–H and O–H groups in total. The molecule has 1 aliphatic rings. The monoisotopic (exact) mass is 439 g/mol. The molecular formula is C28H29N3O2. The lowest BCUT2D eigenvalue weighted by Gasteiger charge is -2.37. The maximum atomic E-state index is 13.7. The summed E-state index contributed by atoms with van der Waals surface area (Å²) >= 11 is 0. The van der Waals surface area contributed by atoms with Gasteiger partial charge in [-0.25, -0.2) is 4.98 Å². The van der Waals surface area contributed by atoms with E-state index in [9.17, 15) is 4.79 Å². The highest BCUT2D eigenvalue weighted by atomic mass is 16.3. The second-order valence-electron chi connectivity index (χ2n) is 8.97. The smallest absolute Gasteiger partial charge is 0.246 e. The van der Waals surface area contributed by atoms with E-state index in [1.807, 2.05) is 80.6 Å². The zero-order chi connectivity index (χ0) is 22.8. The zero-order valence-corrected chi connectivity index (χ0v) is 19.1. The number of para-hydroxylation sites is 2. The molecule has 1 fully saturated rings. The molecule has 1 aliphatic heterocycles. The van der Waals surface area contributed by atoms with Gasteiger partial charge in [-0.05, 0) is 68.1 Å². The van der Waals surface area contributed by atoms with E-state index in [0.29, 0.717) is 0 Å². The van der Waals surface area contributed by atoms with Gasteiger partial charge in [0.25, 0.3) is 0 Å². The van der Waals surface area contributed by atoms with E-state index in [2.05, 4.69) is 16.3 Å². The summed E-state index contributed by atoms with van der Waals surface area (Å²) in [4.78, 5) is 20.7. The quantitative estimate of drug-likeness (QED) is 0.414. The molecule has 1 aromatic heterocycles. The number of nitrogens with zero attached hydrogens (tertiary/aromatic N) is 2. The maximum absolute atomic E-state index is 13.7. The Morgan fingerprint density at radius 3 is 2.67 bits per heavy atom. The lowest BCUT2D eigenvalue weighted by atomic mass is 9.94. The van der Waals surface area contributed by atoms with Crippen LogP contribution in [0.5, 0.6) is 0 Å². The number of carbonyl (C=O) groups excluding carboxylic acids is 1. The molecule has 5 rings (SSSR count). The second kappa shape index (κ2) is 9.20. The number of hydrogen-bond donors (Lipinski definition) is 1. The number of aryl methyl sites for hydroxylation is 2. The van der Waals surface area contributed by atoms with E-state index in [-0.39, 0.29) is 17.9 Å². The Kier molecular flexibility index (Phi) is 5.97. The number of oxazole rings is 1. The first kappa shape index (κ1) is 21.4. The highest BCUT2D eigenvalue weighted by Gasteiger charge is 2.34. The van der Waals surface area contributed by atoms with Gasteiger partial charge >= 0.3 is 0 Å². The molecular weight excluding hydrogens is 410 g/mol. The third kappa shape index (κ3) is 4.55. The molecule has 5 nitrogen and oxygen atoms in total. The number of likely N-dealkylation sites (tertiary alicyclic amines) is 1. The predicted molar refractivity (Wildman–Crippen MR) is 131 cm³/mol. The number of nitrogens with one attached hydrogen (secondary N) is 1. The summed E-state index contributed by atoms with van der Waals surface area (Å²) in [5.74, 6) is 0.918. The number of piperidine rings is 1. The van der Waals surface area contributed by atoms with Crippen molar-refractivity contribution in [2.24, 2.45) is 0 Å². The number of amides is 1. The van der Waals surface area contributed by atoms with Gasteiger partial charge in [0.1, 0.15) is 11.6 Å². The Morgan fingerprint density at radius 1 is 1.06 bits per heavy atom. The van der Waals surface area contributed by atoms with Gasteiger partial charge < -0.3 is 9.73 Å². The molecule has 0 radical (unpaired) electrons. The van der Waals surface area contributed by atoms with Crippen LogP contribution < -0.4 is 5.32 Å². The van der Waals surface area contributed by atoms with E-state index >= 15 is 0 Å². The van der Waals surface area contributed by atoms with Crippen molar-refractivity contribution in [3.63, 3.8) is 0 Å². The van der Waals surface area contributed by atoms with Crippen molar-refractivity contribution in [2.75, 3.05) is 18.4 Å². The fourth-order valence-corrected chi connectivity index (χ4v) is 4.74. The van der Waals surface area contributed by atoms with Gasteiger partial charge in [0.2, 0.25) is 5.91 Å². The molecule has 2 unspecified atom stereocenters. The molecule has 33 heavy (non-hydrogen) atoms. The van der Waals surface area contributed by atoms with E-state index in [1.165, 1.54) is 0 Å². The number of hydrogen-bond acceptors (Lipinski definition) is 4. The minimum absolute atomic E-state index is 0.00637. The standard InChI is InChI=1S/C28H29N3O2/c1-19-14-15-20(2)24(17-19)29-27(32)26(21-9-4-3-5-10-21)31-16-8-11-22(18-31)28-30-23-12-6-7-13-25(23)33-28/h3-7,9-10,12-15,17,22,26H,8,11,16,18H2,1-2H3,(H,29,32). The van der Waals surface area contributed by atoms with Crippen LogP contribution in [0.15, 0.2) is 77.2 Å². The van der Waals surface area contributed by atoms with Crippen molar-refractivity contribution in [2.45, 2.75) is 38.6 Å². The summed E-state index contributed by atoms with van der Waals surface area (Å²) in [5.41, 5.74) is 5.76. The minimum atomic E-state index is -0.377. The number of aromatic nitrogens is 1. The van der Waals surface area contributed by atoms with Gasteiger partial charge in [0, 0.05) is 18.2 Å². The van der Waals surface area contributed by atoms with Crippen LogP contribution in [0.25, 0.3) is 11.1 Å². The molecule has 0 saturated carbocycles. The molecule has 3 aromatic carbocycles. The molecule has 0 spiro atoms. The lowest BCUT2D eigenvalue weighted by molar-refractivity contribution is -0.122. The first-order valence-corrected chi connectivity index (χ1v) is 11.6. The fraction of sp³-hybridized carbons (Fsp3) is 0.286. The topological polar surface area (TPSA) is 58.4 Å². The largest absolute Gasteiger partial charge is 0.440 e. The summed E-state index contributed by atoms with van der Waals surface area (Å²) in [5, 5.41) is 3.20. The third-order valence-corrected chi connectivity index (χ3v) is 6.49. The van der Waals surface area contributed by atoms with Crippen molar-refractivity contribution in [3.8, 4) is 0 Å². The molecule has 2 heterocycles. The van der Waals surface area contributed by atoms with Crippen LogP contribution in [0, 0.1) is 13.8 Å². The Morgan fingerprint density at radius 2 is 1.85 bits per heavy atom. The Bertz CT molecular complexity index is 1230. The molecule has 5 heteroatoms. The van der Waals surface area contributed by atoms with E-state index in [1.54, 1.807) is 0 Å². The summed E-state index contributed by atoms with van der Waals surface area (Å²) in [6.45, 7) is 5.65. The van der Waals surface area contributed by atoms with E-state index < -0.39 is 0 Å². The maximum Gasteiger partial charge on any atom is 0.246 e. The van der Waals surface area contributed by atoms with Crippen molar-refractivity contribution in [1.82, 2.24) is 9.88 Å². The minimum Gasteiger partial charge on any atom is -0.440 e. The van der Waals surface area contributed by atoms with Crippen molar-refractivity contribution in [1.29, 1.82) is 0 Å². The van der Waals surface area contributed by atoms with Crippen molar-refractivity contribution in [3.05, 3.63) is 95.4 Å².